The molecule has 0 amide bonds. The van der Waals surface area contributed by atoms with Crippen LogP contribution in [0.5, 0.6) is 0 Å². The Hall–Kier alpha value is -0.580. The largest absolute Gasteiger partial charge is 0.373 e. The zero-order valence-corrected chi connectivity index (χ0v) is 13.5. The molecule has 1 aliphatic heterocycles. The van der Waals surface area contributed by atoms with Gasteiger partial charge < -0.3 is 15.5 Å². The van der Waals surface area contributed by atoms with Crippen molar-refractivity contribution in [3.63, 3.8) is 0 Å². The smallest absolute Gasteiger partial charge is 0.0508 e. The Labute approximate surface area is 124 Å². The van der Waals surface area contributed by atoms with E-state index >= 15 is 0 Å². The quantitative estimate of drug-likeness (QED) is 0.901. The predicted molar refractivity (Wildman–Crippen MR) is 85.8 cm³/mol. The maximum absolute atomic E-state index is 5.60. The summed E-state index contributed by atoms with van der Waals surface area (Å²) in [6.45, 7) is 4.28. The van der Waals surface area contributed by atoms with Crippen molar-refractivity contribution in [3.8, 4) is 0 Å². The first kappa shape index (κ1) is 14.8. The molecule has 1 unspecified atom stereocenters. The minimum atomic E-state index is 0.704. The molecule has 1 aromatic carbocycles. The summed E-state index contributed by atoms with van der Waals surface area (Å²) in [5, 5.41) is 0. The van der Waals surface area contributed by atoms with E-state index < -0.39 is 0 Å². The van der Waals surface area contributed by atoms with E-state index in [0.717, 1.165) is 18.9 Å². The summed E-state index contributed by atoms with van der Waals surface area (Å²) in [6.07, 6.45) is 2.25. The highest BCUT2D eigenvalue weighted by Gasteiger charge is 2.21. The lowest BCUT2D eigenvalue weighted by atomic mass is 10.1. The van der Waals surface area contributed by atoms with Crippen LogP contribution in [0, 0.1) is 5.92 Å². The van der Waals surface area contributed by atoms with E-state index in [-0.39, 0.29) is 0 Å². The molecule has 1 fully saturated rings. The van der Waals surface area contributed by atoms with Crippen molar-refractivity contribution in [2.75, 3.05) is 45.2 Å². The molecule has 2 N–H and O–H groups in total. The molecule has 0 aliphatic carbocycles. The van der Waals surface area contributed by atoms with Gasteiger partial charge in [-0.2, -0.15) is 0 Å². The van der Waals surface area contributed by atoms with Gasteiger partial charge in [0, 0.05) is 24.6 Å². The second kappa shape index (κ2) is 6.73. The van der Waals surface area contributed by atoms with Crippen molar-refractivity contribution in [2.45, 2.75) is 12.8 Å². The number of likely N-dealkylation sites (tertiary alicyclic amines) is 1. The molecule has 1 aromatic rings. The van der Waals surface area contributed by atoms with Gasteiger partial charge in [0.1, 0.15) is 0 Å². The summed E-state index contributed by atoms with van der Waals surface area (Å²) >= 11 is 3.69. The molecule has 1 heterocycles. The molecule has 0 radical (unpaired) electrons. The molecule has 4 heteroatoms. The third-order valence-electron chi connectivity index (χ3n) is 3.88. The first-order valence-electron chi connectivity index (χ1n) is 6.98. The molecule has 0 saturated carbocycles. The van der Waals surface area contributed by atoms with Crippen molar-refractivity contribution in [2.24, 2.45) is 11.7 Å². The Morgan fingerprint density at radius 2 is 2.26 bits per heavy atom. The van der Waals surface area contributed by atoms with Gasteiger partial charge in [-0.1, -0.05) is 6.07 Å². The number of nitrogens with two attached hydrogens (primary N) is 1. The summed E-state index contributed by atoms with van der Waals surface area (Å²) in [7, 11) is 4.39. The molecule has 1 atom stereocenters. The van der Waals surface area contributed by atoms with Crippen LogP contribution in [-0.2, 0) is 6.42 Å². The summed E-state index contributed by atoms with van der Waals surface area (Å²) in [6, 6.07) is 6.58. The lowest BCUT2D eigenvalue weighted by molar-refractivity contribution is 0.396. The van der Waals surface area contributed by atoms with E-state index in [1.165, 1.54) is 35.2 Å². The Morgan fingerprint density at radius 3 is 2.84 bits per heavy atom. The van der Waals surface area contributed by atoms with Crippen molar-refractivity contribution in [1.82, 2.24) is 4.90 Å². The molecular formula is C15H24BrN3. The SMILES string of the molecule is CN1CCC(CN(C)c2ccc(CCN)cc2Br)C1. The van der Waals surface area contributed by atoms with Crippen LogP contribution in [-0.4, -0.2) is 45.2 Å². The van der Waals surface area contributed by atoms with E-state index in [2.05, 4.69) is 58.0 Å². The van der Waals surface area contributed by atoms with Gasteiger partial charge in [0.25, 0.3) is 0 Å². The monoisotopic (exact) mass is 325 g/mol. The Kier molecular flexibility index (Phi) is 5.25. The second-order valence-corrected chi connectivity index (χ2v) is 6.48. The lowest BCUT2D eigenvalue weighted by Gasteiger charge is -2.24. The number of anilines is 1. The standard InChI is InChI=1S/C15H24BrN3/c1-18-8-6-13(10-18)11-19(2)15-4-3-12(5-7-17)9-14(15)16/h3-4,9,13H,5-8,10-11,17H2,1-2H3. The summed E-state index contributed by atoms with van der Waals surface area (Å²) in [4.78, 5) is 4.78. The van der Waals surface area contributed by atoms with Crippen molar-refractivity contribution < 1.29 is 0 Å². The Morgan fingerprint density at radius 1 is 1.47 bits per heavy atom. The van der Waals surface area contributed by atoms with Gasteiger partial charge in [-0.25, -0.2) is 0 Å². The molecule has 1 saturated heterocycles. The number of hydrogen-bond acceptors (Lipinski definition) is 3. The highest BCUT2D eigenvalue weighted by molar-refractivity contribution is 9.10. The minimum absolute atomic E-state index is 0.704. The van der Waals surface area contributed by atoms with Crippen LogP contribution in [0.15, 0.2) is 22.7 Å². The molecule has 0 bridgehead atoms. The molecule has 3 nitrogen and oxygen atoms in total. The predicted octanol–water partition coefficient (Wildman–Crippen LogP) is 2.34. The highest BCUT2D eigenvalue weighted by atomic mass is 79.9. The highest BCUT2D eigenvalue weighted by Crippen LogP contribution is 2.28. The van der Waals surface area contributed by atoms with Gasteiger partial charge >= 0.3 is 0 Å². The van der Waals surface area contributed by atoms with Crippen LogP contribution in [0.1, 0.15) is 12.0 Å². The third kappa shape index (κ3) is 3.94. The molecule has 1 aliphatic rings. The van der Waals surface area contributed by atoms with Crippen LogP contribution < -0.4 is 10.6 Å². The maximum Gasteiger partial charge on any atom is 0.0508 e. The van der Waals surface area contributed by atoms with Gasteiger partial charge in [-0.05, 0) is 72.5 Å². The summed E-state index contributed by atoms with van der Waals surface area (Å²) in [5.74, 6) is 0.783. The van der Waals surface area contributed by atoms with Gasteiger partial charge in [0.05, 0.1) is 5.69 Å². The minimum Gasteiger partial charge on any atom is -0.373 e. The first-order valence-corrected chi connectivity index (χ1v) is 7.77. The molecular weight excluding hydrogens is 302 g/mol. The van der Waals surface area contributed by atoms with E-state index in [9.17, 15) is 0 Å². The molecule has 0 aromatic heterocycles. The number of rotatable bonds is 5. The third-order valence-corrected chi connectivity index (χ3v) is 4.51. The zero-order chi connectivity index (χ0) is 13.8. The second-order valence-electron chi connectivity index (χ2n) is 5.62. The van der Waals surface area contributed by atoms with Crippen LogP contribution in [0.2, 0.25) is 0 Å². The number of benzene rings is 1. The van der Waals surface area contributed by atoms with Gasteiger partial charge in [0.2, 0.25) is 0 Å². The van der Waals surface area contributed by atoms with Crippen molar-refractivity contribution in [3.05, 3.63) is 28.2 Å². The Balaban J connectivity index is 2.00. The topological polar surface area (TPSA) is 32.5 Å². The molecule has 0 spiro atoms. The average Bonchev–Trinajstić information content (AvgIpc) is 2.75. The van der Waals surface area contributed by atoms with Gasteiger partial charge in [-0.15, -0.1) is 0 Å². The zero-order valence-electron chi connectivity index (χ0n) is 11.9. The van der Waals surface area contributed by atoms with Crippen LogP contribution in [0.25, 0.3) is 0 Å². The van der Waals surface area contributed by atoms with Crippen LogP contribution >= 0.6 is 15.9 Å². The van der Waals surface area contributed by atoms with E-state index in [1.807, 2.05) is 0 Å². The fraction of sp³-hybridized carbons (Fsp3) is 0.600. The lowest BCUT2D eigenvalue weighted by Crippen LogP contribution is -2.27. The van der Waals surface area contributed by atoms with E-state index in [0.29, 0.717) is 6.54 Å². The normalized spacial score (nSPS) is 19.9. The molecule has 19 heavy (non-hydrogen) atoms. The van der Waals surface area contributed by atoms with Crippen molar-refractivity contribution >= 4 is 21.6 Å². The average molecular weight is 326 g/mol. The van der Waals surface area contributed by atoms with Crippen molar-refractivity contribution in [1.29, 1.82) is 0 Å². The summed E-state index contributed by atoms with van der Waals surface area (Å²) < 4.78 is 1.17. The van der Waals surface area contributed by atoms with Gasteiger partial charge in [-0.3, -0.25) is 0 Å². The number of nitrogens with zero attached hydrogens (tertiary/aromatic N) is 2. The maximum atomic E-state index is 5.60. The van der Waals surface area contributed by atoms with Gasteiger partial charge in [0.15, 0.2) is 0 Å². The number of halogens is 1. The fourth-order valence-electron chi connectivity index (χ4n) is 2.84. The number of hydrogen-bond donors (Lipinski definition) is 1. The summed E-state index contributed by atoms with van der Waals surface area (Å²) in [5.41, 5.74) is 8.17. The molecule has 106 valence electrons. The molecule has 2 rings (SSSR count). The first-order chi connectivity index (χ1) is 9.10. The van der Waals surface area contributed by atoms with E-state index in [4.69, 9.17) is 5.73 Å². The Bertz CT molecular complexity index is 422. The van der Waals surface area contributed by atoms with Crippen LogP contribution in [0.4, 0.5) is 5.69 Å². The fourth-order valence-corrected chi connectivity index (χ4v) is 3.57. The van der Waals surface area contributed by atoms with Crippen LogP contribution in [0.3, 0.4) is 0 Å². The van der Waals surface area contributed by atoms with E-state index in [1.54, 1.807) is 0 Å².